The maximum Gasteiger partial charge on any atom is 0.134 e. The smallest absolute Gasteiger partial charge is 0.134 e. The highest BCUT2D eigenvalue weighted by Crippen LogP contribution is 2.39. The zero-order valence-corrected chi connectivity index (χ0v) is 18.2. The number of thiophene rings is 1. The molecule has 27 heavy (non-hydrogen) atoms. The average Bonchev–Trinajstić information content (AvgIpc) is 2.92. The number of nitrogens with zero attached hydrogens (tertiary/aromatic N) is 2. The van der Waals surface area contributed by atoms with Crippen LogP contribution in [0.25, 0.3) is 11.0 Å². The minimum absolute atomic E-state index is 0.970. The SMILES string of the molecule is Cc1ccc(Sc2nc3c(C)sc(C)c3nc2Sc2ccc(C)cc2)cc1. The Morgan fingerprint density at radius 1 is 0.593 bits per heavy atom. The van der Waals surface area contributed by atoms with Gasteiger partial charge in [0.15, 0.2) is 0 Å². The van der Waals surface area contributed by atoms with Gasteiger partial charge in [-0.05, 0) is 52.0 Å². The highest BCUT2D eigenvalue weighted by Gasteiger charge is 2.16. The molecule has 136 valence electrons. The Balaban J connectivity index is 1.79. The lowest BCUT2D eigenvalue weighted by Crippen LogP contribution is -1.92. The van der Waals surface area contributed by atoms with Crippen LogP contribution in [0.5, 0.6) is 0 Å². The fourth-order valence-corrected chi connectivity index (χ4v) is 5.51. The Labute approximate surface area is 172 Å². The molecule has 0 aliphatic heterocycles. The molecule has 0 fully saturated rings. The lowest BCUT2D eigenvalue weighted by molar-refractivity contribution is 0.967. The molecule has 0 radical (unpaired) electrons. The van der Waals surface area contributed by atoms with Crippen LogP contribution in [0.4, 0.5) is 0 Å². The Kier molecular flexibility index (Phi) is 5.26. The number of aromatic nitrogens is 2. The third kappa shape index (κ3) is 4.05. The molecule has 4 aromatic rings. The predicted molar refractivity (Wildman–Crippen MR) is 117 cm³/mol. The van der Waals surface area contributed by atoms with E-state index in [0.717, 1.165) is 21.1 Å². The molecule has 0 saturated carbocycles. The maximum atomic E-state index is 5.02. The van der Waals surface area contributed by atoms with Crippen LogP contribution < -0.4 is 0 Å². The Hall–Kier alpha value is -1.82. The van der Waals surface area contributed by atoms with Crippen molar-refractivity contribution in [2.75, 3.05) is 0 Å². The fourth-order valence-electron chi connectivity index (χ4n) is 2.79. The van der Waals surface area contributed by atoms with Crippen molar-refractivity contribution in [2.24, 2.45) is 0 Å². The summed E-state index contributed by atoms with van der Waals surface area (Å²) in [4.78, 5) is 14.9. The zero-order valence-electron chi connectivity index (χ0n) is 15.7. The molecule has 2 aromatic carbocycles. The van der Waals surface area contributed by atoms with E-state index in [4.69, 9.17) is 9.97 Å². The van der Waals surface area contributed by atoms with E-state index in [-0.39, 0.29) is 0 Å². The van der Waals surface area contributed by atoms with Crippen LogP contribution in [0, 0.1) is 27.7 Å². The Morgan fingerprint density at radius 3 is 1.33 bits per heavy atom. The molecule has 0 spiro atoms. The van der Waals surface area contributed by atoms with Gasteiger partial charge in [-0.15, -0.1) is 11.3 Å². The van der Waals surface area contributed by atoms with E-state index in [1.165, 1.54) is 30.7 Å². The van der Waals surface area contributed by atoms with Crippen molar-refractivity contribution in [3.8, 4) is 0 Å². The standard InChI is InChI=1S/C22H20N2S3/c1-13-5-9-17(10-6-13)26-21-22(27-18-11-7-14(2)8-12-18)24-20-16(4)25-15(3)19(20)23-21/h5-12H,1-4H3. The predicted octanol–water partition coefficient (Wildman–Crippen LogP) is 7.23. The van der Waals surface area contributed by atoms with Crippen molar-refractivity contribution in [1.82, 2.24) is 9.97 Å². The summed E-state index contributed by atoms with van der Waals surface area (Å²) in [6.07, 6.45) is 0. The number of benzene rings is 2. The Bertz CT molecular complexity index is 1010. The lowest BCUT2D eigenvalue weighted by atomic mass is 10.2. The van der Waals surface area contributed by atoms with E-state index < -0.39 is 0 Å². The molecule has 2 aromatic heterocycles. The molecule has 0 aliphatic carbocycles. The number of hydrogen-bond donors (Lipinski definition) is 0. The summed E-state index contributed by atoms with van der Waals surface area (Å²) in [7, 11) is 0. The molecule has 0 N–H and O–H groups in total. The molecule has 0 bridgehead atoms. The summed E-state index contributed by atoms with van der Waals surface area (Å²) in [5.74, 6) is 0. The lowest BCUT2D eigenvalue weighted by Gasteiger charge is -2.09. The normalized spacial score (nSPS) is 11.3. The van der Waals surface area contributed by atoms with Crippen LogP contribution in [0.15, 0.2) is 68.4 Å². The van der Waals surface area contributed by atoms with Crippen molar-refractivity contribution in [2.45, 2.75) is 47.5 Å². The van der Waals surface area contributed by atoms with Gasteiger partial charge in [0.2, 0.25) is 0 Å². The van der Waals surface area contributed by atoms with Gasteiger partial charge in [0.25, 0.3) is 0 Å². The van der Waals surface area contributed by atoms with Gasteiger partial charge in [0, 0.05) is 19.5 Å². The summed E-state index contributed by atoms with van der Waals surface area (Å²) < 4.78 is 0. The van der Waals surface area contributed by atoms with Gasteiger partial charge in [-0.3, -0.25) is 0 Å². The van der Waals surface area contributed by atoms with Crippen LogP contribution in [0.3, 0.4) is 0 Å². The number of rotatable bonds is 4. The minimum Gasteiger partial charge on any atom is -0.235 e. The van der Waals surface area contributed by atoms with Crippen LogP contribution in [0.1, 0.15) is 20.9 Å². The molecular formula is C22H20N2S3. The topological polar surface area (TPSA) is 25.8 Å². The van der Waals surface area contributed by atoms with Crippen molar-refractivity contribution < 1.29 is 0 Å². The van der Waals surface area contributed by atoms with Crippen molar-refractivity contribution >= 4 is 45.9 Å². The highest BCUT2D eigenvalue weighted by atomic mass is 32.2. The molecule has 4 rings (SSSR count). The number of fused-ring (bicyclic) bond motifs is 1. The highest BCUT2D eigenvalue weighted by molar-refractivity contribution is 8.02. The van der Waals surface area contributed by atoms with E-state index >= 15 is 0 Å². The van der Waals surface area contributed by atoms with E-state index in [9.17, 15) is 0 Å². The summed E-state index contributed by atoms with van der Waals surface area (Å²) in [6.45, 7) is 8.47. The third-order valence-electron chi connectivity index (χ3n) is 4.28. The van der Waals surface area contributed by atoms with E-state index in [2.05, 4.69) is 76.2 Å². The Morgan fingerprint density at radius 2 is 0.963 bits per heavy atom. The van der Waals surface area contributed by atoms with E-state index in [0.29, 0.717) is 0 Å². The minimum atomic E-state index is 0.970. The summed E-state index contributed by atoms with van der Waals surface area (Å²) in [5, 5.41) is 1.94. The van der Waals surface area contributed by atoms with Gasteiger partial charge in [0.1, 0.15) is 21.1 Å². The van der Waals surface area contributed by atoms with E-state index in [1.807, 2.05) is 0 Å². The average molecular weight is 409 g/mol. The largest absolute Gasteiger partial charge is 0.235 e. The van der Waals surface area contributed by atoms with Crippen LogP contribution in [-0.4, -0.2) is 9.97 Å². The fraction of sp³-hybridized carbons (Fsp3) is 0.182. The van der Waals surface area contributed by atoms with Crippen molar-refractivity contribution in [3.05, 3.63) is 69.4 Å². The third-order valence-corrected chi connectivity index (χ3v) is 7.38. The van der Waals surface area contributed by atoms with Crippen LogP contribution in [0.2, 0.25) is 0 Å². The van der Waals surface area contributed by atoms with Crippen LogP contribution in [-0.2, 0) is 0 Å². The van der Waals surface area contributed by atoms with Crippen molar-refractivity contribution in [1.29, 1.82) is 0 Å². The molecule has 0 saturated heterocycles. The first kappa shape index (κ1) is 18.5. The van der Waals surface area contributed by atoms with Gasteiger partial charge in [-0.1, -0.05) is 58.9 Å². The first-order valence-corrected chi connectivity index (χ1v) is 11.2. The first-order valence-electron chi connectivity index (χ1n) is 8.76. The maximum absolute atomic E-state index is 5.02. The van der Waals surface area contributed by atoms with Crippen molar-refractivity contribution in [3.63, 3.8) is 0 Å². The van der Waals surface area contributed by atoms with E-state index in [1.54, 1.807) is 34.9 Å². The van der Waals surface area contributed by atoms with Gasteiger partial charge < -0.3 is 0 Å². The van der Waals surface area contributed by atoms with Crippen LogP contribution >= 0.6 is 34.9 Å². The summed E-state index contributed by atoms with van der Waals surface area (Å²) >= 11 is 5.15. The number of aryl methyl sites for hydroxylation is 4. The monoisotopic (exact) mass is 408 g/mol. The van der Waals surface area contributed by atoms with Gasteiger partial charge in [-0.2, -0.15) is 0 Å². The second-order valence-electron chi connectivity index (χ2n) is 6.58. The molecular weight excluding hydrogens is 388 g/mol. The molecule has 0 aliphatic rings. The van der Waals surface area contributed by atoms with Gasteiger partial charge in [-0.25, -0.2) is 9.97 Å². The molecule has 2 nitrogen and oxygen atoms in total. The molecule has 0 amide bonds. The summed E-state index contributed by atoms with van der Waals surface area (Å²) in [6, 6.07) is 17.2. The zero-order chi connectivity index (χ0) is 19.0. The quantitative estimate of drug-likeness (QED) is 0.356. The van der Waals surface area contributed by atoms with Gasteiger partial charge >= 0.3 is 0 Å². The first-order chi connectivity index (χ1) is 13.0. The number of hydrogen-bond acceptors (Lipinski definition) is 5. The summed E-state index contributed by atoms with van der Waals surface area (Å²) in [5.41, 5.74) is 4.58. The molecule has 0 atom stereocenters. The molecule has 5 heteroatoms. The van der Waals surface area contributed by atoms with Gasteiger partial charge in [0.05, 0.1) is 0 Å². The second kappa shape index (κ2) is 7.66. The molecule has 2 heterocycles. The second-order valence-corrected chi connectivity index (χ2v) is 10.1. The molecule has 0 unspecified atom stereocenters.